The van der Waals surface area contributed by atoms with Crippen LogP contribution in [0.3, 0.4) is 0 Å². The van der Waals surface area contributed by atoms with Crippen LogP contribution in [0.15, 0.2) is 36.4 Å². The van der Waals surface area contributed by atoms with Crippen molar-refractivity contribution >= 4 is 17.9 Å². The lowest BCUT2D eigenvalue weighted by Gasteiger charge is -2.44. The van der Waals surface area contributed by atoms with Crippen LogP contribution in [0.4, 0.5) is 0 Å². The van der Waals surface area contributed by atoms with Crippen LogP contribution in [0.5, 0.6) is 0 Å². The Morgan fingerprint density at radius 1 is 1.10 bits per heavy atom. The zero-order chi connectivity index (χ0) is 13.9. The van der Waals surface area contributed by atoms with Gasteiger partial charge >= 0.3 is 0 Å². The van der Waals surface area contributed by atoms with Crippen LogP contribution in [-0.2, 0) is 4.79 Å². The average Bonchev–Trinajstić information content (AvgIpc) is 2.47. The van der Waals surface area contributed by atoms with E-state index in [1.165, 1.54) is 27.8 Å². The van der Waals surface area contributed by atoms with Crippen LogP contribution < -0.4 is 0 Å². The number of aldehydes is 1. The van der Waals surface area contributed by atoms with Crippen molar-refractivity contribution in [1.82, 2.24) is 0 Å². The summed E-state index contributed by atoms with van der Waals surface area (Å²) in [4.78, 5) is 11.5. The number of fused-ring (bicyclic) bond motifs is 1. The quantitative estimate of drug-likeness (QED) is 0.707. The maximum absolute atomic E-state index is 11.5. The van der Waals surface area contributed by atoms with E-state index in [1.807, 2.05) is 12.1 Å². The third-order valence-corrected chi connectivity index (χ3v) is 5.26. The Balaban J connectivity index is 2.08. The molecule has 0 saturated heterocycles. The SMILES string of the molecule is Cc1cccc2c1C1c3c(Cl)cccc3C2CC1C=O. The Labute approximate surface area is 123 Å². The Bertz CT molecular complexity index is 666. The zero-order valence-electron chi connectivity index (χ0n) is 11.3. The van der Waals surface area contributed by atoms with Gasteiger partial charge in [0, 0.05) is 22.8 Å². The van der Waals surface area contributed by atoms with Crippen molar-refractivity contribution < 1.29 is 4.79 Å². The lowest BCUT2D eigenvalue weighted by Crippen LogP contribution is -2.33. The molecule has 5 rings (SSSR count). The standard InChI is InChI=1S/C18H15ClO/c1-10-4-2-5-12-14-8-11(9-20)17(16(10)12)18-13(14)6-3-7-15(18)19/h2-7,9,11,14,17H,8H2,1H3. The van der Waals surface area contributed by atoms with Crippen molar-refractivity contribution in [2.24, 2.45) is 5.92 Å². The highest BCUT2D eigenvalue weighted by Crippen LogP contribution is 2.57. The van der Waals surface area contributed by atoms with E-state index in [-0.39, 0.29) is 11.8 Å². The molecule has 100 valence electrons. The molecule has 2 aromatic carbocycles. The van der Waals surface area contributed by atoms with Crippen molar-refractivity contribution in [1.29, 1.82) is 0 Å². The van der Waals surface area contributed by atoms with Gasteiger partial charge in [0.25, 0.3) is 0 Å². The second kappa shape index (κ2) is 4.20. The molecule has 3 unspecified atom stereocenters. The van der Waals surface area contributed by atoms with E-state index in [9.17, 15) is 4.79 Å². The van der Waals surface area contributed by atoms with Gasteiger partial charge in [-0.2, -0.15) is 0 Å². The summed E-state index contributed by atoms with van der Waals surface area (Å²) in [6, 6.07) is 12.6. The van der Waals surface area contributed by atoms with Gasteiger partial charge in [-0.05, 0) is 47.2 Å². The van der Waals surface area contributed by atoms with E-state index in [1.54, 1.807) is 0 Å². The molecule has 0 spiro atoms. The van der Waals surface area contributed by atoms with E-state index in [0.29, 0.717) is 5.92 Å². The molecule has 0 amide bonds. The molecule has 0 aliphatic heterocycles. The minimum Gasteiger partial charge on any atom is -0.303 e. The Morgan fingerprint density at radius 3 is 2.55 bits per heavy atom. The first-order valence-electron chi connectivity index (χ1n) is 7.05. The third kappa shape index (κ3) is 1.42. The van der Waals surface area contributed by atoms with E-state index in [0.717, 1.165) is 17.7 Å². The highest BCUT2D eigenvalue weighted by atomic mass is 35.5. The van der Waals surface area contributed by atoms with Gasteiger partial charge in [0.05, 0.1) is 0 Å². The van der Waals surface area contributed by atoms with Crippen LogP contribution in [0.25, 0.3) is 0 Å². The lowest BCUT2D eigenvalue weighted by atomic mass is 9.59. The molecule has 2 aromatic rings. The number of carbonyl (C=O) groups is 1. The summed E-state index contributed by atoms with van der Waals surface area (Å²) in [6.45, 7) is 2.14. The summed E-state index contributed by atoms with van der Waals surface area (Å²) < 4.78 is 0. The second-order valence-electron chi connectivity index (χ2n) is 5.89. The smallest absolute Gasteiger partial charge is 0.124 e. The summed E-state index contributed by atoms with van der Waals surface area (Å²) in [5.41, 5.74) is 6.50. The molecule has 20 heavy (non-hydrogen) atoms. The maximum Gasteiger partial charge on any atom is 0.124 e. The van der Waals surface area contributed by atoms with Crippen LogP contribution in [0.1, 0.15) is 46.1 Å². The number of hydrogen-bond acceptors (Lipinski definition) is 1. The molecule has 0 N–H and O–H groups in total. The molecule has 0 aromatic heterocycles. The summed E-state index contributed by atoms with van der Waals surface area (Å²) >= 11 is 6.46. The van der Waals surface area contributed by atoms with Crippen LogP contribution in [0, 0.1) is 12.8 Å². The van der Waals surface area contributed by atoms with Gasteiger partial charge < -0.3 is 4.79 Å². The third-order valence-electron chi connectivity index (χ3n) is 4.93. The first-order chi connectivity index (χ1) is 9.72. The van der Waals surface area contributed by atoms with E-state index in [2.05, 4.69) is 31.2 Å². The van der Waals surface area contributed by atoms with Crippen LogP contribution in [0.2, 0.25) is 5.02 Å². The number of halogens is 1. The van der Waals surface area contributed by atoms with Gasteiger partial charge in [-0.3, -0.25) is 0 Å². The van der Waals surface area contributed by atoms with Crippen molar-refractivity contribution in [3.8, 4) is 0 Å². The van der Waals surface area contributed by atoms with Crippen LogP contribution in [-0.4, -0.2) is 6.29 Å². The lowest BCUT2D eigenvalue weighted by molar-refractivity contribution is -0.112. The highest BCUT2D eigenvalue weighted by Gasteiger charge is 2.44. The van der Waals surface area contributed by atoms with E-state index < -0.39 is 0 Å². The molecule has 3 atom stereocenters. The number of rotatable bonds is 1. The normalized spacial score (nSPS) is 26.0. The summed E-state index contributed by atoms with van der Waals surface area (Å²) in [7, 11) is 0. The molecule has 3 aliphatic rings. The Morgan fingerprint density at radius 2 is 1.80 bits per heavy atom. The largest absolute Gasteiger partial charge is 0.303 e. The molecule has 2 heteroatoms. The second-order valence-corrected chi connectivity index (χ2v) is 6.29. The molecule has 0 radical (unpaired) electrons. The maximum atomic E-state index is 11.5. The number of aryl methyl sites for hydroxylation is 1. The molecular formula is C18H15ClO. The predicted octanol–water partition coefficient (Wildman–Crippen LogP) is 4.44. The monoisotopic (exact) mass is 282 g/mol. The van der Waals surface area contributed by atoms with Gasteiger partial charge in [-0.1, -0.05) is 41.9 Å². The minimum atomic E-state index is 0.0565. The predicted molar refractivity (Wildman–Crippen MR) is 80.5 cm³/mol. The first kappa shape index (κ1) is 12.2. The zero-order valence-corrected chi connectivity index (χ0v) is 12.0. The minimum absolute atomic E-state index is 0.0565. The fourth-order valence-electron chi connectivity index (χ4n) is 4.15. The van der Waals surface area contributed by atoms with Crippen molar-refractivity contribution in [2.75, 3.05) is 0 Å². The van der Waals surface area contributed by atoms with E-state index in [4.69, 9.17) is 11.6 Å². The van der Waals surface area contributed by atoms with E-state index >= 15 is 0 Å². The van der Waals surface area contributed by atoms with Gasteiger partial charge in [0.15, 0.2) is 0 Å². The molecule has 1 nitrogen and oxygen atoms in total. The summed E-state index contributed by atoms with van der Waals surface area (Å²) in [5.74, 6) is 0.511. The Hall–Kier alpha value is -1.60. The molecule has 2 bridgehead atoms. The number of carbonyl (C=O) groups excluding carboxylic acids is 1. The topological polar surface area (TPSA) is 17.1 Å². The number of benzene rings is 2. The molecular weight excluding hydrogens is 268 g/mol. The van der Waals surface area contributed by atoms with Crippen molar-refractivity contribution in [3.05, 3.63) is 69.2 Å². The molecule has 0 heterocycles. The van der Waals surface area contributed by atoms with Crippen molar-refractivity contribution in [3.63, 3.8) is 0 Å². The molecule has 0 fully saturated rings. The van der Waals surface area contributed by atoms with Gasteiger partial charge in [0.2, 0.25) is 0 Å². The molecule has 0 saturated carbocycles. The van der Waals surface area contributed by atoms with Gasteiger partial charge in [-0.15, -0.1) is 0 Å². The first-order valence-corrected chi connectivity index (χ1v) is 7.43. The average molecular weight is 283 g/mol. The van der Waals surface area contributed by atoms with Crippen molar-refractivity contribution in [2.45, 2.75) is 25.2 Å². The van der Waals surface area contributed by atoms with Gasteiger partial charge in [0.1, 0.15) is 6.29 Å². The fourth-order valence-corrected chi connectivity index (χ4v) is 4.45. The molecule has 3 aliphatic carbocycles. The van der Waals surface area contributed by atoms with Gasteiger partial charge in [-0.25, -0.2) is 0 Å². The highest BCUT2D eigenvalue weighted by molar-refractivity contribution is 6.31. The Kier molecular flexibility index (Phi) is 2.55. The fraction of sp³-hybridized carbons (Fsp3) is 0.278. The summed E-state index contributed by atoms with van der Waals surface area (Å²) in [5, 5.41) is 0.804. The van der Waals surface area contributed by atoms with Crippen LogP contribution >= 0.6 is 11.6 Å². The number of hydrogen-bond donors (Lipinski definition) is 0. The summed E-state index contributed by atoms with van der Waals surface area (Å²) in [6.07, 6.45) is 2.04.